The Bertz CT molecular complexity index is 543. The molecule has 1 unspecified atom stereocenters. The van der Waals surface area contributed by atoms with Crippen LogP contribution < -0.4 is 5.32 Å². The van der Waals surface area contributed by atoms with E-state index in [0.29, 0.717) is 12.0 Å². The van der Waals surface area contributed by atoms with Crippen LogP contribution in [0.2, 0.25) is 0 Å². The van der Waals surface area contributed by atoms with Crippen molar-refractivity contribution in [1.29, 1.82) is 0 Å². The summed E-state index contributed by atoms with van der Waals surface area (Å²) >= 11 is 3.77. The van der Waals surface area contributed by atoms with Crippen molar-refractivity contribution in [2.24, 2.45) is 0 Å². The highest BCUT2D eigenvalue weighted by molar-refractivity contribution is 7.12. The van der Waals surface area contributed by atoms with Crippen LogP contribution in [0.15, 0.2) is 17.5 Å². The molecule has 108 valence electrons. The van der Waals surface area contributed by atoms with Gasteiger partial charge in [0.25, 0.3) is 0 Å². The molecule has 3 rings (SSSR count). The maximum absolute atomic E-state index is 4.97. The van der Waals surface area contributed by atoms with E-state index in [2.05, 4.69) is 36.7 Å². The van der Waals surface area contributed by atoms with Gasteiger partial charge >= 0.3 is 0 Å². The zero-order valence-corrected chi connectivity index (χ0v) is 13.8. The lowest BCUT2D eigenvalue weighted by Crippen LogP contribution is -2.29. The standard InChI is InChI=1S/C16H22N2S2/c1-11(2)17-10-12-5-3-7-14-16(12)18-15(20-14)9-13-6-4-8-19-13/h4,6,8,11-12,17H,3,5,7,9-10H2,1-2H3. The highest BCUT2D eigenvalue weighted by Gasteiger charge is 2.24. The Morgan fingerprint density at radius 3 is 3.10 bits per heavy atom. The Kier molecular flexibility index (Phi) is 4.54. The Balaban J connectivity index is 1.74. The third-order valence-electron chi connectivity index (χ3n) is 3.79. The molecule has 4 heteroatoms. The predicted molar refractivity (Wildman–Crippen MR) is 88.1 cm³/mol. The zero-order valence-electron chi connectivity index (χ0n) is 12.2. The third kappa shape index (κ3) is 3.30. The second kappa shape index (κ2) is 6.37. The third-order valence-corrected chi connectivity index (χ3v) is 5.80. The second-order valence-electron chi connectivity index (χ2n) is 5.82. The Morgan fingerprint density at radius 2 is 2.35 bits per heavy atom. The number of thiophene rings is 1. The van der Waals surface area contributed by atoms with Gasteiger partial charge in [-0.15, -0.1) is 22.7 Å². The number of thiazole rings is 1. The van der Waals surface area contributed by atoms with E-state index >= 15 is 0 Å². The molecule has 2 aromatic heterocycles. The summed E-state index contributed by atoms with van der Waals surface area (Å²) in [6.45, 7) is 5.51. The van der Waals surface area contributed by atoms with Gasteiger partial charge < -0.3 is 5.32 Å². The first-order chi connectivity index (χ1) is 9.72. The second-order valence-corrected chi connectivity index (χ2v) is 8.02. The van der Waals surface area contributed by atoms with E-state index in [1.54, 1.807) is 4.88 Å². The number of aromatic nitrogens is 1. The van der Waals surface area contributed by atoms with Gasteiger partial charge in [-0.1, -0.05) is 19.9 Å². The van der Waals surface area contributed by atoms with Gasteiger partial charge in [0.2, 0.25) is 0 Å². The van der Waals surface area contributed by atoms with Crippen molar-refractivity contribution in [3.8, 4) is 0 Å². The molecule has 2 nitrogen and oxygen atoms in total. The molecule has 0 spiro atoms. The number of fused-ring (bicyclic) bond motifs is 1. The lowest BCUT2D eigenvalue weighted by Gasteiger charge is -2.22. The summed E-state index contributed by atoms with van der Waals surface area (Å²) in [6, 6.07) is 4.90. The monoisotopic (exact) mass is 306 g/mol. The number of hydrogen-bond acceptors (Lipinski definition) is 4. The topological polar surface area (TPSA) is 24.9 Å². The Hall–Kier alpha value is -0.710. The highest BCUT2D eigenvalue weighted by atomic mass is 32.1. The van der Waals surface area contributed by atoms with Crippen LogP contribution in [0, 0.1) is 0 Å². The van der Waals surface area contributed by atoms with Crippen molar-refractivity contribution in [3.63, 3.8) is 0 Å². The highest BCUT2D eigenvalue weighted by Crippen LogP contribution is 2.35. The molecule has 0 bridgehead atoms. The number of rotatable bonds is 5. The number of nitrogens with zero attached hydrogens (tertiary/aromatic N) is 1. The molecule has 1 atom stereocenters. The minimum Gasteiger partial charge on any atom is -0.314 e. The SMILES string of the molecule is CC(C)NCC1CCCc2sc(Cc3cccs3)nc21. The van der Waals surface area contributed by atoms with Crippen LogP contribution in [-0.4, -0.2) is 17.6 Å². The molecule has 0 aliphatic heterocycles. The van der Waals surface area contributed by atoms with Crippen molar-refractivity contribution >= 4 is 22.7 Å². The average Bonchev–Trinajstić information content (AvgIpc) is 3.05. The molecular weight excluding hydrogens is 284 g/mol. The van der Waals surface area contributed by atoms with Gasteiger partial charge in [0.05, 0.1) is 10.7 Å². The molecule has 20 heavy (non-hydrogen) atoms. The summed E-state index contributed by atoms with van der Waals surface area (Å²) in [5.74, 6) is 0.620. The van der Waals surface area contributed by atoms with Gasteiger partial charge in [-0.3, -0.25) is 0 Å². The van der Waals surface area contributed by atoms with Crippen molar-refractivity contribution in [2.75, 3.05) is 6.54 Å². The summed E-state index contributed by atoms with van der Waals surface area (Å²) < 4.78 is 0. The van der Waals surface area contributed by atoms with Gasteiger partial charge in [-0.25, -0.2) is 4.98 Å². The molecule has 1 aliphatic rings. The minimum atomic E-state index is 0.560. The van der Waals surface area contributed by atoms with Crippen LogP contribution in [0.3, 0.4) is 0 Å². The van der Waals surface area contributed by atoms with Gasteiger partial charge in [0, 0.05) is 34.7 Å². The predicted octanol–water partition coefficient (Wildman–Crippen LogP) is 4.21. The van der Waals surface area contributed by atoms with Crippen LogP contribution in [-0.2, 0) is 12.8 Å². The fraction of sp³-hybridized carbons (Fsp3) is 0.562. The molecule has 0 saturated carbocycles. The van der Waals surface area contributed by atoms with Crippen LogP contribution in [0.25, 0.3) is 0 Å². The van der Waals surface area contributed by atoms with E-state index in [9.17, 15) is 0 Å². The summed E-state index contributed by atoms with van der Waals surface area (Å²) in [5.41, 5.74) is 1.39. The first-order valence-corrected chi connectivity index (χ1v) is 9.16. The number of hydrogen-bond donors (Lipinski definition) is 1. The summed E-state index contributed by atoms with van der Waals surface area (Å²) in [7, 11) is 0. The van der Waals surface area contributed by atoms with E-state index < -0.39 is 0 Å². The maximum Gasteiger partial charge on any atom is 0.0983 e. The molecule has 1 N–H and O–H groups in total. The molecule has 0 saturated heterocycles. The van der Waals surface area contributed by atoms with Crippen molar-refractivity contribution in [1.82, 2.24) is 10.3 Å². The van der Waals surface area contributed by atoms with Gasteiger partial charge in [-0.05, 0) is 30.7 Å². The van der Waals surface area contributed by atoms with Gasteiger partial charge in [-0.2, -0.15) is 0 Å². The molecule has 2 heterocycles. The van der Waals surface area contributed by atoms with Crippen LogP contribution in [0.1, 0.15) is 53.1 Å². The fourth-order valence-electron chi connectivity index (χ4n) is 2.77. The van der Waals surface area contributed by atoms with Crippen molar-refractivity contribution in [3.05, 3.63) is 38.0 Å². The Morgan fingerprint density at radius 1 is 1.45 bits per heavy atom. The van der Waals surface area contributed by atoms with Crippen molar-refractivity contribution in [2.45, 2.75) is 51.5 Å². The van der Waals surface area contributed by atoms with E-state index in [1.807, 2.05) is 22.7 Å². The van der Waals surface area contributed by atoms with E-state index in [-0.39, 0.29) is 0 Å². The lowest BCUT2D eigenvalue weighted by molar-refractivity contribution is 0.474. The van der Waals surface area contributed by atoms with Crippen molar-refractivity contribution < 1.29 is 0 Å². The smallest absolute Gasteiger partial charge is 0.0983 e. The van der Waals surface area contributed by atoms with Gasteiger partial charge in [0.15, 0.2) is 0 Å². The Labute approximate surface area is 129 Å². The first kappa shape index (κ1) is 14.2. The molecule has 0 amide bonds. The first-order valence-electron chi connectivity index (χ1n) is 7.46. The molecule has 2 aromatic rings. The van der Waals surface area contributed by atoms with E-state index in [1.165, 1.54) is 34.8 Å². The summed E-state index contributed by atoms with van der Waals surface area (Å²) in [6.07, 6.45) is 4.85. The molecular formula is C16H22N2S2. The lowest BCUT2D eigenvalue weighted by atomic mass is 9.91. The van der Waals surface area contributed by atoms with Crippen LogP contribution in [0.4, 0.5) is 0 Å². The average molecular weight is 306 g/mol. The normalized spacial score (nSPS) is 18.4. The largest absolute Gasteiger partial charge is 0.314 e. The summed E-state index contributed by atoms with van der Waals surface area (Å²) in [5, 5.41) is 7.03. The molecule has 0 radical (unpaired) electrons. The molecule has 0 fully saturated rings. The number of aryl methyl sites for hydroxylation is 1. The summed E-state index contributed by atoms with van der Waals surface area (Å²) in [4.78, 5) is 7.93. The molecule has 1 aliphatic carbocycles. The maximum atomic E-state index is 4.97. The van der Waals surface area contributed by atoms with Gasteiger partial charge in [0.1, 0.15) is 0 Å². The zero-order chi connectivity index (χ0) is 13.9. The molecule has 0 aromatic carbocycles. The van der Waals surface area contributed by atoms with E-state index in [0.717, 1.165) is 13.0 Å². The fourth-order valence-corrected chi connectivity index (χ4v) is 4.79. The van der Waals surface area contributed by atoms with E-state index in [4.69, 9.17) is 4.98 Å². The quantitative estimate of drug-likeness (QED) is 0.895. The number of nitrogens with one attached hydrogen (secondary N) is 1. The van der Waals surface area contributed by atoms with Crippen LogP contribution >= 0.6 is 22.7 Å². The minimum absolute atomic E-state index is 0.560. The van der Waals surface area contributed by atoms with Crippen LogP contribution in [0.5, 0.6) is 0 Å².